The van der Waals surface area contributed by atoms with Crippen molar-refractivity contribution in [1.29, 1.82) is 0 Å². The molecule has 0 radical (unpaired) electrons. The van der Waals surface area contributed by atoms with Gasteiger partial charge in [0, 0.05) is 19.7 Å². The lowest BCUT2D eigenvalue weighted by atomic mass is 10.00. The van der Waals surface area contributed by atoms with Crippen LogP contribution in [-0.4, -0.2) is 52.2 Å². The number of thioether (sulfide) groups is 1. The van der Waals surface area contributed by atoms with Gasteiger partial charge in [0.05, 0.1) is 30.7 Å². The summed E-state index contributed by atoms with van der Waals surface area (Å²) in [5.74, 6) is 2.64. The monoisotopic (exact) mass is 433 g/mol. The molecule has 9 heteroatoms. The third-order valence-corrected chi connectivity index (χ3v) is 6.82. The van der Waals surface area contributed by atoms with Gasteiger partial charge >= 0.3 is 0 Å². The summed E-state index contributed by atoms with van der Waals surface area (Å²) in [7, 11) is 0. The first-order chi connectivity index (χ1) is 14.6. The topological polar surface area (TPSA) is 85.4 Å². The van der Waals surface area contributed by atoms with E-state index in [4.69, 9.17) is 9.15 Å². The van der Waals surface area contributed by atoms with E-state index in [-0.39, 0.29) is 23.8 Å². The molecular weight excluding hydrogens is 402 g/mol. The first kappa shape index (κ1) is 21.2. The molecule has 0 saturated carbocycles. The summed E-state index contributed by atoms with van der Waals surface area (Å²) in [6.45, 7) is 7.77. The number of hydrogen-bond donors (Lipinski definition) is 1. The highest BCUT2D eigenvalue weighted by Gasteiger charge is 2.26. The highest BCUT2D eigenvalue weighted by Crippen LogP contribution is 2.28. The van der Waals surface area contributed by atoms with Gasteiger partial charge in [0.1, 0.15) is 5.76 Å². The molecule has 30 heavy (non-hydrogen) atoms. The summed E-state index contributed by atoms with van der Waals surface area (Å²) >= 11 is 1.43. The maximum atomic E-state index is 12.5. The first-order valence-corrected chi connectivity index (χ1v) is 11.8. The largest absolute Gasteiger partial charge is 0.467 e. The van der Waals surface area contributed by atoms with E-state index in [2.05, 4.69) is 31.9 Å². The number of anilines is 1. The molecule has 2 aliphatic rings. The lowest BCUT2D eigenvalue weighted by molar-refractivity contribution is -0.119. The number of hydrogen-bond acceptors (Lipinski definition) is 7. The van der Waals surface area contributed by atoms with Gasteiger partial charge in [0.15, 0.2) is 5.16 Å². The molecule has 1 N–H and O–H groups in total. The molecule has 164 valence electrons. The first-order valence-electron chi connectivity index (χ1n) is 10.9. The fraction of sp³-hybridized carbons (Fsp3) is 0.667. The fourth-order valence-electron chi connectivity index (χ4n) is 4.00. The van der Waals surface area contributed by atoms with Gasteiger partial charge in [-0.1, -0.05) is 18.7 Å². The maximum absolute atomic E-state index is 12.5. The van der Waals surface area contributed by atoms with E-state index in [1.165, 1.54) is 24.6 Å². The Labute approximate surface area is 181 Å². The molecular formula is C21H31N5O3S. The second-order valence-corrected chi connectivity index (χ2v) is 9.23. The highest BCUT2D eigenvalue weighted by atomic mass is 32.2. The minimum atomic E-state index is -0.163. The Morgan fingerprint density at radius 3 is 2.87 bits per heavy atom. The van der Waals surface area contributed by atoms with Crippen molar-refractivity contribution in [2.45, 2.75) is 63.4 Å². The van der Waals surface area contributed by atoms with Crippen LogP contribution in [0.25, 0.3) is 0 Å². The second-order valence-electron chi connectivity index (χ2n) is 8.29. The van der Waals surface area contributed by atoms with Crippen molar-refractivity contribution in [1.82, 2.24) is 20.1 Å². The van der Waals surface area contributed by atoms with Gasteiger partial charge in [-0.05, 0) is 50.7 Å². The van der Waals surface area contributed by atoms with Crippen LogP contribution in [0.4, 0.5) is 5.95 Å². The second kappa shape index (κ2) is 9.87. The summed E-state index contributed by atoms with van der Waals surface area (Å²) in [5, 5.41) is 12.7. The van der Waals surface area contributed by atoms with Crippen LogP contribution >= 0.6 is 11.8 Å². The van der Waals surface area contributed by atoms with Crippen molar-refractivity contribution < 1.29 is 13.9 Å². The van der Waals surface area contributed by atoms with Gasteiger partial charge in [-0.25, -0.2) is 0 Å². The van der Waals surface area contributed by atoms with Crippen molar-refractivity contribution in [2.24, 2.45) is 5.92 Å². The molecule has 2 aromatic rings. The number of rotatable bonds is 8. The molecule has 0 aromatic carbocycles. The van der Waals surface area contributed by atoms with Gasteiger partial charge in [-0.2, -0.15) is 0 Å². The van der Waals surface area contributed by atoms with Crippen LogP contribution in [0.5, 0.6) is 0 Å². The zero-order chi connectivity index (χ0) is 20.9. The summed E-state index contributed by atoms with van der Waals surface area (Å²) in [6, 6.07) is 3.52. The molecule has 0 bridgehead atoms. The number of furan rings is 1. The van der Waals surface area contributed by atoms with Crippen LogP contribution in [0.3, 0.4) is 0 Å². The summed E-state index contributed by atoms with van der Waals surface area (Å²) < 4.78 is 13.4. The molecule has 0 spiro atoms. The van der Waals surface area contributed by atoms with Crippen molar-refractivity contribution in [3.05, 3.63) is 24.2 Å². The third-order valence-electron chi connectivity index (χ3n) is 5.85. The van der Waals surface area contributed by atoms with Crippen LogP contribution in [0.15, 0.2) is 28.0 Å². The van der Waals surface area contributed by atoms with E-state index in [1.54, 1.807) is 6.26 Å². The van der Waals surface area contributed by atoms with Gasteiger partial charge in [-0.15, -0.1) is 10.2 Å². The summed E-state index contributed by atoms with van der Waals surface area (Å²) in [6.07, 6.45) is 6.29. The Bertz CT molecular complexity index is 811. The summed E-state index contributed by atoms with van der Waals surface area (Å²) in [5.41, 5.74) is 0. The van der Waals surface area contributed by atoms with E-state index < -0.39 is 0 Å². The predicted octanol–water partition coefficient (Wildman–Crippen LogP) is 3.26. The number of amides is 1. The normalized spacial score (nSPS) is 21.1. The minimum Gasteiger partial charge on any atom is -0.467 e. The van der Waals surface area contributed by atoms with Gasteiger partial charge in [0.2, 0.25) is 11.9 Å². The maximum Gasteiger partial charge on any atom is 0.231 e. The van der Waals surface area contributed by atoms with E-state index in [0.717, 1.165) is 61.9 Å². The van der Waals surface area contributed by atoms with Crippen LogP contribution in [0.2, 0.25) is 0 Å². The van der Waals surface area contributed by atoms with Crippen LogP contribution < -0.4 is 10.2 Å². The van der Waals surface area contributed by atoms with Crippen LogP contribution in [-0.2, 0) is 16.1 Å². The molecule has 4 heterocycles. The molecule has 2 fully saturated rings. The van der Waals surface area contributed by atoms with E-state index in [0.29, 0.717) is 0 Å². The highest BCUT2D eigenvalue weighted by molar-refractivity contribution is 7.99. The Kier molecular flexibility index (Phi) is 6.99. The van der Waals surface area contributed by atoms with Crippen LogP contribution in [0, 0.1) is 5.92 Å². The average Bonchev–Trinajstić information content (AvgIpc) is 3.50. The number of carbonyl (C=O) groups excluding carboxylic acids is 1. The van der Waals surface area contributed by atoms with Crippen molar-refractivity contribution >= 4 is 23.6 Å². The molecule has 2 saturated heterocycles. The number of piperidine rings is 1. The lowest BCUT2D eigenvalue weighted by Crippen LogP contribution is -2.35. The molecule has 2 atom stereocenters. The molecule has 0 aliphatic carbocycles. The van der Waals surface area contributed by atoms with E-state index in [9.17, 15) is 4.79 Å². The van der Waals surface area contributed by atoms with Crippen molar-refractivity contribution in [3.63, 3.8) is 0 Å². The number of ether oxygens (including phenoxy) is 1. The van der Waals surface area contributed by atoms with Crippen LogP contribution in [0.1, 0.15) is 51.3 Å². The SMILES string of the molecule is CC1CCN(c2nnc(SCC(=O)NC(C)c3ccco3)n2CC2CCCO2)CC1. The summed E-state index contributed by atoms with van der Waals surface area (Å²) in [4.78, 5) is 14.8. The Morgan fingerprint density at radius 1 is 1.33 bits per heavy atom. The molecule has 8 nitrogen and oxygen atoms in total. The zero-order valence-corrected chi connectivity index (χ0v) is 18.6. The quantitative estimate of drug-likeness (QED) is 0.640. The predicted molar refractivity (Wildman–Crippen MR) is 116 cm³/mol. The molecule has 2 unspecified atom stereocenters. The standard InChI is InChI=1S/C21H31N5O3S/c1-15-7-9-25(10-8-15)20-23-24-21(26(20)13-17-5-3-11-28-17)30-14-19(27)22-16(2)18-6-4-12-29-18/h4,6,12,15-17H,3,5,7-11,13-14H2,1-2H3,(H,22,27). The van der Waals surface area contributed by atoms with Gasteiger partial charge in [-0.3, -0.25) is 9.36 Å². The molecule has 1 amide bonds. The molecule has 4 rings (SSSR count). The molecule has 2 aromatic heterocycles. The van der Waals surface area contributed by atoms with E-state index >= 15 is 0 Å². The zero-order valence-electron chi connectivity index (χ0n) is 17.7. The Balaban J connectivity index is 1.41. The number of carbonyl (C=O) groups is 1. The smallest absolute Gasteiger partial charge is 0.231 e. The third kappa shape index (κ3) is 5.18. The van der Waals surface area contributed by atoms with Crippen molar-refractivity contribution in [2.75, 3.05) is 30.3 Å². The number of nitrogens with zero attached hydrogens (tertiary/aromatic N) is 4. The van der Waals surface area contributed by atoms with Gasteiger partial charge in [0.25, 0.3) is 0 Å². The average molecular weight is 434 g/mol. The molecule has 2 aliphatic heterocycles. The number of nitrogens with one attached hydrogen (secondary N) is 1. The minimum absolute atomic E-state index is 0.0519. The lowest BCUT2D eigenvalue weighted by Gasteiger charge is -2.31. The van der Waals surface area contributed by atoms with Gasteiger partial charge < -0.3 is 19.4 Å². The Hall–Kier alpha value is -2.00. The number of aromatic nitrogens is 3. The van der Waals surface area contributed by atoms with E-state index in [1.807, 2.05) is 19.1 Å². The Morgan fingerprint density at radius 2 is 2.17 bits per heavy atom. The van der Waals surface area contributed by atoms with Crippen molar-refractivity contribution in [3.8, 4) is 0 Å². The fourth-order valence-corrected chi connectivity index (χ4v) is 4.76.